The monoisotopic (exact) mass is 275 g/mol. The third-order valence-corrected chi connectivity index (χ3v) is 5.70. The van der Waals surface area contributed by atoms with E-state index in [1.165, 1.54) is 0 Å². The zero-order valence-electron chi connectivity index (χ0n) is 11.4. The number of nitrogens with zero attached hydrogens (tertiary/aromatic N) is 1. The summed E-state index contributed by atoms with van der Waals surface area (Å²) in [6.07, 6.45) is 3.71. The van der Waals surface area contributed by atoms with Gasteiger partial charge in [0.15, 0.2) is 0 Å². The Kier molecular flexibility index (Phi) is 4.64. The quantitative estimate of drug-likeness (QED) is 0.797. The van der Waals surface area contributed by atoms with Gasteiger partial charge < -0.3 is 5.32 Å². The summed E-state index contributed by atoms with van der Waals surface area (Å²) in [7, 11) is -3.27. The third kappa shape index (κ3) is 3.66. The van der Waals surface area contributed by atoms with Crippen molar-refractivity contribution < 1.29 is 8.42 Å². The summed E-state index contributed by atoms with van der Waals surface area (Å²) in [6, 6.07) is 0.485. The first-order chi connectivity index (χ1) is 8.47. The summed E-state index contributed by atoms with van der Waals surface area (Å²) < 4.78 is 29.0. The van der Waals surface area contributed by atoms with E-state index in [1.807, 2.05) is 0 Å². The Morgan fingerprint density at radius 1 is 1.17 bits per heavy atom. The molecule has 0 amide bonds. The van der Waals surface area contributed by atoms with Crippen molar-refractivity contribution >= 4 is 10.2 Å². The van der Waals surface area contributed by atoms with E-state index >= 15 is 0 Å². The Balaban J connectivity index is 1.90. The molecule has 5 nitrogen and oxygen atoms in total. The van der Waals surface area contributed by atoms with Gasteiger partial charge in [0.1, 0.15) is 0 Å². The van der Waals surface area contributed by atoms with Crippen molar-refractivity contribution in [1.29, 1.82) is 0 Å². The van der Waals surface area contributed by atoms with E-state index in [2.05, 4.69) is 23.9 Å². The first-order valence-electron chi connectivity index (χ1n) is 6.98. The Bertz CT molecular complexity index is 364. The van der Waals surface area contributed by atoms with Crippen LogP contribution in [0.4, 0.5) is 0 Å². The molecule has 0 aliphatic carbocycles. The van der Waals surface area contributed by atoms with Crippen LogP contribution in [0.5, 0.6) is 0 Å². The lowest BCUT2D eigenvalue weighted by Crippen LogP contribution is -2.52. The number of nitrogens with one attached hydrogen (secondary N) is 2. The molecule has 106 valence electrons. The summed E-state index contributed by atoms with van der Waals surface area (Å²) in [4.78, 5) is 0. The normalized spacial score (nSPS) is 32.6. The summed E-state index contributed by atoms with van der Waals surface area (Å²) in [5.41, 5.74) is 0. The first kappa shape index (κ1) is 14.2. The maximum absolute atomic E-state index is 12.3. The molecular weight excluding hydrogens is 250 g/mol. The van der Waals surface area contributed by atoms with Gasteiger partial charge in [-0.3, -0.25) is 0 Å². The van der Waals surface area contributed by atoms with Crippen molar-refractivity contribution in [3.8, 4) is 0 Å². The van der Waals surface area contributed by atoms with Crippen LogP contribution in [0.1, 0.15) is 39.5 Å². The molecule has 2 unspecified atom stereocenters. The topological polar surface area (TPSA) is 61.4 Å². The van der Waals surface area contributed by atoms with Crippen LogP contribution in [-0.2, 0) is 10.2 Å². The Labute approximate surface area is 110 Å². The lowest BCUT2D eigenvalue weighted by atomic mass is 10.0. The van der Waals surface area contributed by atoms with E-state index in [0.29, 0.717) is 25.0 Å². The number of hydrogen-bond acceptors (Lipinski definition) is 3. The van der Waals surface area contributed by atoms with Crippen LogP contribution in [-0.4, -0.2) is 44.4 Å². The molecule has 0 aromatic heterocycles. The van der Waals surface area contributed by atoms with Gasteiger partial charge >= 0.3 is 0 Å². The smallest absolute Gasteiger partial charge is 0.279 e. The molecule has 2 saturated heterocycles. The van der Waals surface area contributed by atoms with E-state index < -0.39 is 10.2 Å². The molecule has 6 heteroatoms. The van der Waals surface area contributed by atoms with Crippen molar-refractivity contribution in [2.24, 2.45) is 5.92 Å². The van der Waals surface area contributed by atoms with Gasteiger partial charge in [-0.25, -0.2) is 0 Å². The Morgan fingerprint density at radius 3 is 2.44 bits per heavy atom. The lowest BCUT2D eigenvalue weighted by molar-refractivity contribution is 0.278. The second kappa shape index (κ2) is 5.86. The summed E-state index contributed by atoms with van der Waals surface area (Å²) >= 11 is 0. The highest BCUT2D eigenvalue weighted by molar-refractivity contribution is 7.87. The van der Waals surface area contributed by atoms with Gasteiger partial charge in [-0.1, -0.05) is 6.92 Å². The zero-order valence-corrected chi connectivity index (χ0v) is 12.2. The molecule has 2 aliphatic heterocycles. The van der Waals surface area contributed by atoms with Crippen molar-refractivity contribution in [1.82, 2.24) is 14.3 Å². The number of hydrogen-bond donors (Lipinski definition) is 2. The number of rotatable bonds is 3. The summed E-state index contributed by atoms with van der Waals surface area (Å²) in [6.45, 7) is 6.51. The van der Waals surface area contributed by atoms with Crippen molar-refractivity contribution in [3.05, 3.63) is 0 Å². The van der Waals surface area contributed by atoms with Crippen LogP contribution < -0.4 is 10.0 Å². The van der Waals surface area contributed by atoms with Gasteiger partial charge in [-0.2, -0.15) is 17.4 Å². The molecule has 18 heavy (non-hydrogen) atoms. The molecule has 0 aromatic rings. The molecule has 2 aliphatic rings. The van der Waals surface area contributed by atoms with Crippen LogP contribution in [0.2, 0.25) is 0 Å². The fourth-order valence-corrected chi connectivity index (χ4v) is 4.23. The Hall–Kier alpha value is -0.170. The van der Waals surface area contributed by atoms with Crippen molar-refractivity contribution in [3.63, 3.8) is 0 Å². The van der Waals surface area contributed by atoms with Gasteiger partial charge in [0.2, 0.25) is 0 Å². The SMILES string of the molecule is CC1CCN(S(=O)(=O)NC2CCNC(C)C2)CC1. The first-order valence-corrected chi connectivity index (χ1v) is 8.42. The molecule has 2 atom stereocenters. The van der Waals surface area contributed by atoms with Gasteiger partial charge in [0, 0.05) is 25.2 Å². The average molecular weight is 275 g/mol. The van der Waals surface area contributed by atoms with Gasteiger partial charge in [-0.05, 0) is 45.1 Å². The molecule has 0 saturated carbocycles. The molecule has 2 rings (SSSR count). The van der Waals surface area contributed by atoms with Crippen LogP contribution in [0.15, 0.2) is 0 Å². The van der Waals surface area contributed by atoms with Crippen LogP contribution in [0, 0.1) is 5.92 Å². The number of piperidine rings is 2. The van der Waals surface area contributed by atoms with Gasteiger partial charge in [0.05, 0.1) is 0 Å². The molecule has 2 fully saturated rings. The second-order valence-corrected chi connectivity index (χ2v) is 7.48. The minimum absolute atomic E-state index is 0.0885. The Morgan fingerprint density at radius 2 is 1.83 bits per heavy atom. The maximum Gasteiger partial charge on any atom is 0.279 e. The predicted octanol–water partition coefficient (Wildman–Crippen LogP) is 0.693. The highest BCUT2D eigenvalue weighted by atomic mass is 32.2. The fraction of sp³-hybridized carbons (Fsp3) is 1.00. The largest absolute Gasteiger partial charge is 0.314 e. The van der Waals surface area contributed by atoms with E-state index in [4.69, 9.17) is 0 Å². The molecule has 0 aromatic carbocycles. The molecular formula is C12H25N3O2S. The highest BCUT2D eigenvalue weighted by Gasteiger charge is 2.29. The maximum atomic E-state index is 12.3. The van der Waals surface area contributed by atoms with E-state index in [0.717, 1.165) is 32.2 Å². The zero-order chi connectivity index (χ0) is 13.2. The minimum atomic E-state index is -3.27. The van der Waals surface area contributed by atoms with E-state index in [9.17, 15) is 8.42 Å². The lowest BCUT2D eigenvalue weighted by Gasteiger charge is -2.33. The second-order valence-electron chi connectivity index (χ2n) is 5.78. The molecule has 2 N–H and O–H groups in total. The predicted molar refractivity (Wildman–Crippen MR) is 72.5 cm³/mol. The standard InChI is InChI=1S/C12H25N3O2S/c1-10-4-7-15(8-5-10)18(16,17)14-12-3-6-13-11(2)9-12/h10-14H,3-9H2,1-2H3. The van der Waals surface area contributed by atoms with Gasteiger partial charge in [0.25, 0.3) is 10.2 Å². The van der Waals surface area contributed by atoms with E-state index in [-0.39, 0.29) is 6.04 Å². The average Bonchev–Trinajstić information content (AvgIpc) is 2.29. The van der Waals surface area contributed by atoms with Gasteiger partial charge in [-0.15, -0.1) is 0 Å². The van der Waals surface area contributed by atoms with Crippen LogP contribution in [0.25, 0.3) is 0 Å². The highest BCUT2D eigenvalue weighted by Crippen LogP contribution is 2.19. The fourth-order valence-electron chi connectivity index (χ4n) is 2.75. The van der Waals surface area contributed by atoms with Crippen LogP contribution in [0.3, 0.4) is 0 Å². The molecule has 2 heterocycles. The minimum Gasteiger partial charge on any atom is -0.314 e. The molecule has 0 radical (unpaired) electrons. The van der Waals surface area contributed by atoms with Crippen LogP contribution >= 0.6 is 0 Å². The summed E-state index contributed by atoms with van der Waals surface area (Å²) in [5, 5.41) is 3.33. The summed E-state index contributed by atoms with van der Waals surface area (Å²) in [5.74, 6) is 0.648. The van der Waals surface area contributed by atoms with Crippen molar-refractivity contribution in [2.75, 3.05) is 19.6 Å². The van der Waals surface area contributed by atoms with Crippen molar-refractivity contribution in [2.45, 2.75) is 51.6 Å². The molecule has 0 spiro atoms. The van der Waals surface area contributed by atoms with E-state index in [1.54, 1.807) is 4.31 Å². The third-order valence-electron chi connectivity index (χ3n) is 4.02. The molecule has 0 bridgehead atoms.